The first kappa shape index (κ1) is 19.1. The van der Waals surface area contributed by atoms with Crippen molar-refractivity contribution in [2.45, 2.75) is 38.1 Å². The van der Waals surface area contributed by atoms with Crippen LogP contribution in [0.15, 0.2) is 18.2 Å². The summed E-state index contributed by atoms with van der Waals surface area (Å²) in [5.41, 5.74) is 1.38. The highest BCUT2D eigenvalue weighted by molar-refractivity contribution is 6.33. The molecule has 28 heavy (non-hydrogen) atoms. The Bertz CT molecular complexity index is 794. The lowest BCUT2D eigenvalue weighted by atomic mass is 10.1. The first-order chi connectivity index (χ1) is 13.5. The van der Waals surface area contributed by atoms with E-state index in [1.54, 1.807) is 12.1 Å². The molecule has 8 heteroatoms. The van der Waals surface area contributed by atoms with Gasteiger partial charge in [-0.25, -0.2) is 0 Å². The van der Waals surface area contributed by atoms with E-state index in [1.165, 1.54) is 0 Å². The van der Waals surface area contributed by atoms with Crippen molar-refractivity contribution in [3.8, 4) is 0 Å². The van der Waals surface area contributed by atoms with Crippen molar-refractivity contribution in [3.05, 3.63) is 23.2 Å². The first-order valence-electron chi connectivity index (χ1n) is 9.93. The minimum atomic E-state index is -0.322. The number of amides is 3. The molecule has 150 valence electrons. The summed E-state index contributed by atoms with van der Waals surface area (Å²) in [7, 11) is 0. The van der Waals surface area contributed by atoms with Crippen molar-refractivity contribution in [2.24, 2.45) is 5.92 Å². The molecule has 1 saturated carbocycles. The molecule has 2 heterocycles. The summed E-state index contributed by atoms with van der Waals surface area (Å²) in [6.45, 7) is 2.05. The van der Waals surface area contributed by atoms with Crippen molar-refractivity contribution in [2.75, 3.05) is 36.4 Å². The summed E-state index contributed by atoms with van der Waals surface area (Å²) in [5.74, 6) is -0.409. The molecule has 3 fully saturated rings. The smallest absolute Gasteiger partial charge is 0.239 e. The Kier molecular flexibility index (Phi) is 5.44. The molecule has 4 rings (SSSR count). The van der Waals surface area contributed by atoms with Crippen LogP contribution in [-0.2, 0) is 14.4 Å². The molecule has 1 unspecified atom stereocenters. The number of nitrogens with zero attached hydrogens (tertiary/aromatic N) is 2. The third-order valence-electron chi connectivity index (χ3n) is 5.89. The molecular weight excluding hydrogens is 380 g/mol. The van der Waals surface area contributed by atoms with Gasteiger partial charge in [0, 0.05) is 37.8 Å². The molecular formula is C20H25ClN4O3. The number of rotatable bonds is 4. The summed E-state index contributed by atoms with van der Waals surface area (Å²) in [4.78, 5) is 40.4. The van der Waals surface area contributed by atoms with Gasteiger partial charge in [-0.2, -0.15) is 0 Å². The second-order valence-corrected chi connectivity index (χ2v) is 8.22. The van der Waals surface area contributed by atoms with E-state index in [-0.39, 0.29) is 36.6 Å². The molecule has 1 aliphatic carbocycles. The molecule has 3 amide bonds. The topological polar surface area (TPSA) is 81.8 Å². The van der Waals surface area contributed by atoms with Crippen molar-refractivity contribution in [3.63, 3.8) is 0 Å². The Morgan fingerprint density at radius 1 is 1.21 bits per heavy atom. The maximum Gasteiger partial charge on any atom is 0.239 e. The van der Waals surface area contributed by atoms with Gasteiger partial charge in [0.1, 0.15) is 0 Å². The molecule has 1 atom stereocenters. The predicted molar refractivity (Wildman–Crippen MR) is 107 cm³/mol. The molecule has 1 aromatic carbocycles. The van der Waals surface area contributed by atoms with Crippen LogP contribution in [0.3, 0.4) is 0 Å². The largest absolute Gasteiger partial charge is 0.359 e. The van der Waals surface area contributed by atoms with Crippen LogP contribution in [0.25, 0.3) is 0 Å². The number of piperazine rings is 1. The monoisotopic (exact) mass is 404 g/mol. The molecule has 2 N–H and O–H groups in total. The van der Waals surface area contributed by atoms with Gasteiger partial charge >= 0.3 is 0 Å². The highest BCUT2D eigenvalue weighted by Gasteiger charge is 2.38. The van der Waals surface area contributed by atoms with E-state index in [9.17, 15) is 14.4 Å². The zero-order valence-electron chi connectivity index (χ0n) is 15.7. The van der Waals surface area contributed by atoms with Gasteiger partial charge in [0.05, 0.1) is 23.2 Å². The summed E-state index contributed by atoms with van der Waals surface area (Å²) < 4.78 is 0. The fourth-order valence-corrected chi connectivity index (χ4v) is 4.71. The lowest BCUT2D eigenvalue weighted by molar-refractivity contribution is -0.130. The van der Waals surface area contributed by atoms with Gasteiger partial charge in [-0.15, -0.1) is 0 Å². The zero-order chi connectivity index (χ0) is 19.7. The Hall–Kier alpha value is -2.28. The highest BCUT2D eigenvalue weighted by Crippen LogP contribution is 2.32. The lowest BCUT2D eigenvalue weighted by Crippen LogP contribution is -2.47. The summed E-state index contributed by atoms with van der Waals surface area (Å²) in [6.07, 6.45) is 4.69. The van der Waals surface area contributed by atoms with Crippen molar-refractivity contribution >= 4 is 40.7 Å². The van der Waals surface area contributed by atoms with Crippen LogP contribution in [0.2, 0.25) is 5.02 Å². The fourth-order valence-electron chi connectivity index (χ4n) is 4.41. The molecule has 0 aromatic heterocycles. The Morgan fingerprint density at radius 2 is 2.00 bits per heavy atom. The fraction of sp³-hybridized carbons (Fsp3) is 0.550. The third kappa shape index (κ3) is 3.94. The standard InChI is InChI=1S/C20H25ClN4O3/c21-16-10-14(5-6-17(16)24-8-7-22-18(26)12-24)23-20(28)13-9-19(27)25(11-13)15-3-1-2-4-15/h5-6,10,13,15H,1-4,7-9,11-12H2,(H,22,26)(H,23,28). The Morgan fingerprint density at radius 3 is 2.71 bits per heavy atom. The number of carbonyl (C=O) groups is 3. The van der Waals surface area contributed by atoms with E-state index >= 15 is 0 Å². The van der Waals surface area contributed by atoms with Gasteiger partial charge in [-0.3, -0.25) is 14.4 Å². The predicted octanol–water partition coefficient (Wildman–Crippen LogP) is 2.01. The third-order valence-corrected chi connectivity index (χ3v) is 6.19. The van der Waals surface area contributed by atoms with Crippen LogP contribution in [0.5, 0.6) is 0 Å². The molecule has 2 saturated heterocycles. The summed E-state index contributed by atoms with van der Waals surface area (Å²) >= 11 is 6.40. The Balaban J connectivity index is 1.39. The van der Waals surface area contributed by atoms with Gasteiger partial charge in [-0.1, -0.05) is 24.4 Å². The number of likely N-dealkylation sites (tertiary alicyclic amines) is 1. The second-order valence-electron chi connectivity index (χ2n) is 7.81. The number of hydrogen-bond acceptors (Lipinski definition) is 4. The molecule has 0 bridgehead atoms. The first-order valence-corrected chi connectivity index (χ1v) is 10.3. The van der Waals surface area contributed by atoms with Gasteiger partial charge in [0.2, 0.25) is 17.7 Å². The molecule has 7 nitrogen and oxygen atoms in total. The minimum Gasteiger partial charge on any atom is -0.359 e. The number of halogens is 1. The van der Waals surface area contributed by atoms with E-state index in [0.717, 1.165) is 31.4 Å². The van der Waals surface area contributed by atoms with Crippen molar-refractivity contribution in [1.82, 2.24) is 10.2 Å². The maximum atomic E-state index is 12.7. The average Bonchev–Trinajstić information content (AvgIpc) is 3.31. The number of carbonyl (C=O) groups excluding carboxylic acids is 3. The molecule has 3 aliphatic rings. The van der Waals surface area contributed by atoms with E-state index < -0.39 is 0 Å². The summed E-state index contributed by atoms with van der Waals surface area (Å²) in [6, 6.07) is 5.62. The number of benzene rings is 1. The Labute approximate surface area is 169 Å². The second kappa shape index (κ2) is 7.99. The molecule has 0 radical (unpaired) electrons. The highest BCUT2D eigenvalue weighted by atomic mass is 35.5. The quantitative estimate of drug-likeness (QED) is 0.804. The summed E-state index contributed by atoms with van der Waals surface area (Å²) in [5, 5.41) is 6.17. The van der Waals surface area contributed by atoms with E-state index in [2.05, 4.69) is 10.6 Å². The van der Waals surface area contributed by atoms with Crippen LogP contribution >= 0.6 is 11.6 Å². The van der Waals surface area contributed by atoms with Gasteiger partial charge < -0.3 is 20.4 Å². The van der Waals surface area contributed by atoms with E-state index in [0.29, 0.717) is 36.4 Å². The molecule has 2 aliphatic heterocycles. The molecule has 1 aromatic rings. The molecule has 0 spiro atoms. The number of nitrogens with one attached hydrogen (secondary N) is 2. The van der Waals surface area contributed by atoms with Gasteiger partial charge in [-0.05, 0) is 31.0 Å². The maximum absolute atomic E-state index is 12.7. The van der Waals surface area contributed by atoms with Gasteiger partial charge in [0.15, 0.2) is 0 Å². The average molecular weight is 405 g/mol. The van der Waals surface area contributed by atoms with Crippen LogP contribution in [-0.4, -0.2) is 54.8 Å². The zero-order valence-corrected chi connectivity index (χ0v) is 16.5. The van der Waals surface area contributed by atoms with Crippen molar-refractivity contribution < 1.29 is 14.4 Å². The van der Waals surface area contributed by atoms with Crippen LogP contribution in [0.4, 0.5) is 11.4 Å². The van der Waals surface area contributed by atoms with Gasteiger partial charge in [0.25, 0.3) is 0 Å². The number of anilines is 2. The van der Waals surface area contributed by atoms with Crippen LogP contribution in [0, 0.1) is 5.92 Å². The SMILES string of the molecule is O=C1CN(c2ccc(NC(=O)C3CC(=O)N(C4CCCC4)C3)cc2Cl)CCN1. The lowest BCUT2D eigenvalue weighted by Gasteiger charge is -2.29. The normalized spacial score (nSPS) is 23.2. The van der Waals surface area contributed by atoms with Crippen LogP contribution in [0.1, 0.15) is 32.1 Å². The minimum absolute atomic E-state index is 0.0302. The van der Waals surface area contributed by atoms with Crippen molar-refractivity contribution in [1.29, 1.82) is 0 Å². The van der Waals surface area contributed by atoms with Crippen LogP contribution < -0.4 is 15.5 Å². The number of hydrogen-bond donors (Lipinski definition) is 2. The van der Waals surface area contributed by atoms with E-state index in [4.69, 9.17) is 11.6 Å². The van der Waals surface area contributed by atoms with E-state index in [1.807, 2.05) is 15.9 Å².